The zero-order valence-corrected chi connectivity index (χ0v) is 16.1. The highest BCUT2D eigenvalue weighted by molar-refractivity contribution is 5.89. The molecule has 0 amide bonds. The van der Waals surface area contributed by atoms with Gasteiger partial charge in [0, 0.05) is 55.4 Å². The molecule has 2 heterocycles. The molecule has 1 fully saturated rings. The number of carbonyl (C=O) groups is 1. The molecule has 0 spiro atoms. The lowest BCUT2D eigenvalue weighted by atomic mass is 10.0. The fraction of sp³-hybridized carbons (Fsp3) is 0.261. The third-order valence-corrected chi connectivity index (χ3v) is 5.45. The Balaban J connectivity index is 1.41. The van der Waals surface area contributed by atoms with E-state index in [4.69, 9.17) is 0 Å². The smallest absolute Gasteiger partial charge is 0.325 e. The summed E-state index contributed by atoms with van der Waals surface area (Å²) in [5.74, 6) is -1.22. The molecule has 29 heavy (non-hydrogen) atoms. The van der Waals surface area contributed by atoms with Crippen LogP contribution in [0, 0.1) is 5.82 Å². The number of nitrogens with one attached hydrogen (secondary N) is 1. The van der Waals surface area contributed by atoms with E-state index < -0.39 is 12.0 Å². The Bertz CT molecular complexity index is 1010. The normalized spacial score (nSPS) is 17.1. The zero-order valence-electron chi connectivity index (χ0n) is 16.1. The van der Waals surface area contributed by atoms with Gasteiger partial charge in [-0.25, -0.2) is 4.39 Å². The van der Waals surface area contributed by atoms with Crippen molar-refractivity contribution in [3.8, 4) is 0 Å². The summed E-state index contributed by atoms with van der Waals surface area (Å²) in [5, 5.41) is 10.6. The number of nitrogens with zero attached hydrogens (tertiary/aromatic N) is 2. The van der Waals surface area contributed by atoms with Crippen molar-refractivity contribution < 1.29 is 14.3 Å². The highest BCUT2D eigenvalue weighted by atomic mass is 19.1. The van der Waals surface area contributed by atoms with Gasteiger partial charge in [-0.3, -0.25) is 14.6 Å². The van der Waals surface area contributed by atoms with Crippen molar-refractivity contribution in [3.05, 3.63) is 77.7 Å². The molecule has 1 atom stereocenters. The minimum absolute atomic E-state index is 0.338. The number of H-pyrrole nitrogens is 1. The number of rotatable bonds is 6. The summed E-state index contributed by atoms with van der Waals surface area (Å²) in [7, 11) is 0. The average Bonchev–Trinajstić information content (AvgIpc) is 3.12. The number of benzene rings is 2. The molecule has 6 heteroatoms. The number of aromatic nitrogens is 1. The Labute approximate surface area is 169 Å². The highest BCUT2D eigenvalue weighted by Crippen LogP contribution is 2.30. The predicted octanol–water partition coefficient (Wildman–Crippen LogP) is 3.76. The molecule has 0 saturated carbocycles. The van der Waals surface area contributed by atoms with Gasteiger partial charge >= 0.3 is 5.97 Å². The first-order valence-corrected chi connectivity index (χ1v) is 9.79. The molecular weight excluding hydrogens is 369 g/mol. The van der Waals surface area contributed by atoms with Crippen LogP contribution in [0.15, 0.2) is 60.8 Å². The van der Waals surface area contributed by atoms with E-state index in [1.165, 1.54) is 17.7 Å². The number of carboxylic acid groups (broad SMARTS) is 1. The number of halogens is 1. The van der Waals surface area contributed by atoms with Gasteiger partial charge in [0.25, 0.3) is 0 Å². The second-order valence-electron chi connectivity index (χ2n) is 7.32. The zero-order chi connectivity index (χ0) is 20.2. The SMILES string of the molecule is O=C(O)C(c1c[nH]c2cc(F)ccc12)N1CCN(CC=Cc2ccccc2)CC1. The molecule has 0 aliphatic carbocycles. The number of carboxylic acids is 1. The van der Waals surface area contributed by atoms with E-state index in [1.54, 1.807) is 12.3 Å². The summed E-state index contributed by atoms with van der Waals surface area (Å²) in [5.41, 5.74) is 2.48. The van der Waals surface area contributed by atoms with E-state index in [9.17, 15) is 14.3 Å². The van der Waals surface area contributed by atoms with Crippen LogP contribution in [0.1, 0.15) is 17.2 Å². The number of fused-ring (bicyclic) bond motifs is 1. The molecule has 2 aromatic carbocycles. The second-order valence-corrected chi connectivity index (χ2v) is 7.32. The first-order valence-electron chi connectivity index (χ1n) is 9.79. The third-order valence-electron chi connectivity index (χ3n) is 5.45. The number of piperazine rings is 1. The van der Waals surface area contributed by atoms with Crippen molar-refractivity contribution in [2.45, 2.75) is 6.04 Å². The number of hydrogen-bond donors (Lipinski definition) is 2. The van der Waals surface area contributed by atoms with Crippen molar-refractivity contribution in [1.82, 2.24) is 14.8 Å². The standard InChI is InChI=1S/C23H24FN3O2/c24-18-8-9-19-20(16-25-21(19)15-18)22(23(28)29)27-13-11-26(12-14-27)10-4-7-17-5-2-1-3-6-17/h1-9,15-16,22,25H,10-14H2,(H,28,29). The first-order chi connectivity index (χ1) is 14.1. The third kappa shape index (κ3) is 4.39. The van der Waals surface area contributed by atoms with Crippen molar-refractivity contribution in [2.75, 3.05) is 32.7 Å². The van der Waals surface area contributed by atoms with E-state index in [1.807, 2.05) is 23.1 Å². The second kappa shape index (κ2) is 8.59. The molecule has 1 saturated heterocycles. The summed E-state index contributed by atoms with van der Waals surface area (Å²) in [6.07, 6.45) is 5.95. The average molecular weight is 393 g/mol. The summed E-state index contributed by atoms with van der Waals surface area (Å²) in [6.45, 7) is 3.79. The van der Waals surface area contributed by atoms with Crippen molar-refractivity contribution in [1.29, 1.82) is 0 Å². The summed E-state index contributed by atoms with van der Waals surface area (Å²) in [4.78, 5) is 19.4. The summed E-state index contributed by atoms with van der Waals surface area (Å²) in [6, 6.07) is 13.8. The van der Waals surface area contributed by atoms with Crippen molar-refractivity contribution in [3.63, 3.8) is 0 Å². The topological polar surface area (TPSA) is 59.6 Å². The monoisotopic (exact) mass is 393 g/mol. The minimum Gasteiger partial charge on any atom is -0.480 e. The van der Waals surface area contributed by atoms with Crippen LogP contribution >= 0.6 is 0 Å². The largest absolute Gasteiger partial charge is 0.480 e. The van der Waals surface area contributed by atoms with E-state index in [0.717, 1.165) is 25.0 Å². The predicted molar refractivity (Wildman–Crippen MR) is 112 cm³/mol. The molecule has 5 nitrogen and oxygen atoms in total. The highest BCUT2D eigenvalue weighted by Gasteiger charge is 2.31. The van der Waals surface area contributed by atoms with E-state index >= 15 is 0 Å². The number of aromatic amines is 1. The van der Waals surface area contributed by atoms with Gasteiger partial charge in [-0.2, -0.15) is 0 Å². The Morgan fingerprint density at radius 3 is 2.62 bits per heavy atom. The quantitative estimate of drug-likeness (QED) is 0.669. The number of hydrogen-bond acceptors (Lipinski definition) is 3. The molecule has 1 aliphatic rings. The van der Waals surface area contributed by atoms with Crippen LogP contribution in [0.2, 0.25) is 0 Å². The van der Waals surface area contributed by atoms with Gasteiger partial charge in [-0.1, -0.05) is 42.5 Å². The van der Waals surface area contributed by atoms with Gasteiger partial charge in [-0.05, 0) is 23.8 Å². The Hall–Kier alpha value is -2.96. The molecule has 1 aromatic heterocycles. The molecule has 4 rings (SSSR count). The van der Waals surface area contributed by atoms with Crippen molar-refractivity contribution >= 4 is 22.9 Å². The molecular formula is C23H24FN3O2. The van der Waals surface area contributed by atoms with Crippen LogP contribution < -0.4 is 0 Å². The minimum atomic E-state index is -0.882. The van der Waals surface area contributed by atoms with Gasteiger partial charge in [0.05, 0.1) is 0 Å². The lowest BCUT2D eigenvalue weighted by Gasteiger charge is -2.37. The van der Waals surface area contributed by atoms with E-state index in [-0.39, 0.29) is 5.82 Å². The van der Waals surface area contributed by atoms with Gasteiger partial charge in [0.1, 0.15) is 11.9 Å². The summed E-state index contributed by atoms with van der Waals surface area (Å²) < 4.78 is 13.5. The Morgan fingerprint density at radius 2 is 1.90 bits per heavy atom. The van der Waals surface area contributed by atoms with Crippen LogP contribution in [-0.2, 0) is 4.79 Å². The van der Waals surface area contributed by atoms with E-state index in [0.29, 0.717) is 24.2 Å². The molecule has 2 N–H and O–H groups in total. The maximum Gasteiger partial charge on any atom is 0.325 e. The van der Waals surface area contributed by atoms with Crippen LogP contribution in [-0.4, -0.2) is 58.6 Å². The molecule has 3 aromatic rings. The van der Waals surface area contributed by atoms with Gasteiger partial charge < -0.3 is 10.1 Å². The molecule has 150 valence electrons. The molecule has 1 unspecified atom stereocenters. The van der Waals surface area contributed by atoms with Crippen LogP contribution in [0.3, 0.4) is 0 Å². The summed E-state index contributed by atoms with van der Waals surface area (Å²) >= 11 is 0. The van der Waals surface area contributed by atoms with Crippen LogP contribution in [0.4, 0.5) is 4.39 Å². The van der Waals surface area contributed by atoms with Crippen LogP contribution in [0.25, 0.3) is 17.0 Å². The fourth-order valence-electron chi connectivity index (χ4n) is 3.94. The first kappa shape index (κ1) is 19.4. The maximum atomic E-state index is 13.5. The number of aliphatic carboxylic acids is 1. The lowest BCUT2D eigenvalue weighted by molar-refractivity contribution is -0.144. The maximum absolute atomic E-state index is 13.5. The Morgan fingerprint density at radius 1 is 1.14 bits per heavy atom. The van der Waals surface area contributed by atoms with Gasteiger partial charge in [0.15, 0.2) is 0 Å². The van der Waals surface area contributed by atoms with Gasteiger partial charge in [-0.15, -0.1) is 0 Å². The lowest BCUT2D eigenvalue weighted by Crippen LogP contribution is -2.49. The van der Waals surface area contributed by atoms with E-state index in [2.05, 4.69) is 34.2 Å². The van der Waals surface area contributed by atoms with Gasteiger partial charge in [0.2, 0.25) is 0 Å². The molecule has 0 bridgehead atoms. The van der Waals surface area contributed by atoms with Crippen LogP contribution in [0.5, 0.6) is 0 Å². The van der Waals surface area contributed by atoms with Crippen molar-refractivity contribution in [2.24, 2.45) is 0 Å². The molecule has 1 aliphatic heterocycles. The Kier molecular flexibility index (Phi) is 5.74. The fourth-order valence-corrected chi connectivity index (χ4v) is 3.94. The molecule has 0 radical (unpaired) electrons.